The normalized spacial score (nSPS) is 14.6. The molecule has 26 heavy (non-hydrogen) atoms. The highest BCUT2D eigenvalue weighted by Crippen LogP contribution is 2.32. The predicted molar refractivity (Wildman–Crippen MR) is 122 cm³/mol. The van der Waals surface area contributed by atoms with E-state index in [-0.39, 0.29) is 0 Å². The van der Waals surface area contributed by atoms with Crippen LogP contribution in [0.4, 0.5) is 0 Å². The third kappa shape index (κ3) is 16.0. The average molecular weight is 365 g/mol. The van der Waals surface area contributed by atoms with Crippen LogP contribution in [0.15, 0.2) is 12.2 Å². The van der Waals surface area contributed by atoms with Crippen LogP contribution < -0.4 is 0 Å². The summed E-state index contributed by atoms with van der Waals surface area (Å²) in [5.41, 5.74) is 1.98. The van der Waals surface area contributed by atoms with E-state index in [4.69, 9.17) is 0 Å². The van der Waals surface area contributed by atoms with E-state index in [0.29, 0.717) is 5.41 Å². The Morgan fingerprint density at radius 3 is 1.96 bits per heavy atom. The van der Waals surface area contributed by atoms with Gasteiger partial charge in [0.25, 0.3) is 0 Å². The van der Waals surface area contributed by atoms with E-state index in [1.165, 1.54) is 89.0 Å². The molecule has 0 aromatic carbocycles. The second kappa shape index (κ2) is 14.8. The second-order valence-corrected chi connectivity index (χ2v) is 10.5. The fourth-order valence-corrected chi connectivity index (χ4v) is 3.97. The molecule has 0 N–H and O–H groups in total. The molecule has 0 heteroatoms. The van der Waals surface area contributed by atoms with Gasteiger partial charge in [0.2, 0.25) is 0 Å². The quantitative estimate of drug-likeness (QED) is 0.178. The molecule has 156 valence electrons. The van der Waals surface area contributed by atoms with Crippen molar-refractivity contribution >= 4 is 0 Å². The summed E-state index contributed by atoms with van der Waals surface area (Å²) in [7, 11) is 0. The zero-order chi connectivity index (χ0) is 20.0. The standard InChI is InChI=1S/C26H52/c1-9-13-23(4)15-10-11-20-26(7,8)21-19-25(6)18-17-24(5)16-12-14-22(2)3/h22-24H,6,9-21H2,1-5,7-8H3. The van der Waals surface area contributed by atoms with Gasteiger partial charge in [-0.25, -0.2) is 0 Å². The maximum Gasteiger partial charge on any atom is -0.0318 e. The molecule has 0 aliphatic carbocycles. The van der Waals surface area contributed by atoms with Gasteiger partial charge in [-0.1, -0.05) is 112 Å². The van der Waals surface area contributed by atoms with Gasteiger partial charge < -0.3 is 0 Å². The molecule has 0 aliphatic rings. The molecule has 0 saturated carbocycles. The summed E-state index contributed by atoms with van der Waals surface area (Å²) in [6.07, 6.45) is 17.7. The molecule has 0 saturated heterocycles. The lowest BCUT2D eigenvalue weighted by atomic mass is 9.80. The van der Waals surface area contributed by atoms with Crippen molar-refractivity contribution in [3.63, 3.8) is 0 Å². The number of unbranched alkanes of at least 4 members (excludes halogenated alkanes) is 1. The van der Waals surface area contributed by atoms with E-state index in [0.717, 1.165) is 17.8 Å². The lowest BCUT2D eigenvalue weighted by molar-refractivity contribution is 0.288. The van der Waals surface area contributed by atoms with Gasteiger partial charge in [0, 0.05) is 0 Å². The molecule has 0 rings (SSSR count). The first-order valence-corrected chi connectivity index (χ1v) is 11.8. The summed E-state index contributed by atoms with van der Waals surface area (Å²) < 4.78 is 0. The fraction of sp³-hybridized carbons (Fsp3) is 0.923. The summed E-state index contributed by atoms with van der Waals surface area (Å²) in [6.45, 7) is 21.1. The first-order chi connectivity index (χ1) is 12.2. The van der Waals surface area contributed by atoms with E-state index < -0.39 is 0 Å². The van der Waals surface area contributed by atoms with Crippen LogP contribution in [0.3, 0.4) is 0 Å². The number of hydrogen-bond donors (Lipinski definition) is 0. The molecular weight excluding hydrogens is 312 g/mol. The molecule has 0 amide bonds. The summed E-state index contributed by atoms with van der Waals surface area (Å²) in [5, 5.41) is 0. The van der Waals surface area contributed by atoms with Crippen LogP contribution in [0.5, 0.6) is 0 Å². The summed E-state index contributed by atoms with van der Waals surface area (Å²) in [5.74, 6) is 2.64. The third-order valence-corrected chi connectivity index (χ3v) is 6.21. The third-order valence-electron chi connectivity index (χ3n) is 6.21. The van der Waals surface area contributed by atoms with E-state index in [9.17, 15) is 0 Å². The highest BCUT2D eigenvalue weighted by Gasteiger charge is 2.18. The van der Waals surface area contributed by atoms with Crippen molar-refractivity contribution in [3.8, 4) is 0 Å². The number of hydrogen-bond acceptors (Lipinski definition) is 0. The van der Waals surface area contributed by atoms with Crippen LogP contribution in [-0.2, 0) is 0 Å². The SMILES string of the molecule is C=C(CCC(C)CCCC(C)C)CCC(C)(C)CCCCC(C)CCC. The van der Waals surface area contributed by atoms with Crippen LogP contribution in [-0.4, -0.2) is 0 Å². The van der Waals surface area contributed by atoms with Gasteiger partial charge in [0.1, 0.15) is 0 Å². The van der Waals surface area contributed by atoms with Crippen molar-refractivity contribution in [1.82, 2.24) is 0 Å². The van der Waals surface area contributed by atoms with Crippen LogP contribution in [0, 0.1) is 23.2 Å². The molecule has 0 aliphatic heterocycles. The van der Waals surface area contributed by atoms with Crippen LogP contribution in [0.2, 0.25) is 0 Å². The summed E-state index contributed by atoms with van der Waals surface area (Å²) in [4.78, 5) is 0. The Morgan fingerprint density at radius 1 is 0.731 bits per heavy atom. The van der Waals surface area contributed by atoms with Gasteiger partial charge in [-0.15, -0.1) is 0 Å². The van der Waals surface area contributed by atoms with Gasteiger partial charge in [-0.3, -0.25) is 0 Å². The maximum atomic E-state index is 4.38. The molecule has 2 unspecified atom stereocenters. The Bertz CT molecular complexity index is 336. The topological polar surface area (TPSA) is 0 Å². The monoisotopic (exact) mass is 364 g/mol. The molecule has 0 aromatic heterocycles. The van der Waals surface area contributed by atoms with Crippen LogP contribution in [0.25, 0.3) is 0 Å². The van der Waals surface area contributed by atoms with Crippen LogP contribution >= 0.6 is 0 Å². The Balaban J connectivity index is 3.81. The molecule has 0 bridgehead atoms. The molecule has 0 fully saturated rings. The van der Waals surface area contributed by atoms with Gasteiger partial charge in [-0.05, 0) is 55.3 Å². The zero-order valence-electron chi connectivity index (χ0n) is 19.6. The van der Waals surface area contributed by atoms with Crippen molar-refractivity contribution in [2.24, 2.45) is 23.2 Å². The fourth-order valence-electron chi connectivity index (χ4n) is 3.97. The number of allylic oxidation sites excluding steroid dienone is 1. The van der Waals surface area contributed by atoms with Crippen LogP contribution in [0.1, 0.15) is 132 Å². The number of rotatable bonds is 17. The van der Waals surface area contributed by atoms with Crippen molar-refractivity contribution in [3.05, 3.63) is 12.2 Å². The highest BCUT2D eigenvalue weighted by atomic mass is 14.2. The minimum absolute atomic E-state index is 0.486. The predicted octanol–water partition coefficient (Wildman–Crippen LogP) is 9.59. The van der Waals surface area contributed by atoms with Crippen molar-refractivity contribution in [2.45, 2.75) is 132 Å². The Kier molecular flexibility index (Phi) is 14.6. The molecule has 0 heterocycles. The minimum atomic E-state index is 0.486. The van der Waals surface area contributed by atoms with E-state index in [1.807, 2.05) is 0 Å². The summed E-state index contributed by atoms with van der Waals surface area (Å²) >= 11 is 0. The molecule has 2 atom stereocenters. The van der Waals surface area contributed by atoms with Gasteiger partial charge in [0.15, 0.2) is 0 Å². The smallest absolute Gasteiger partial charge is 0.0318 e. The molecule has 0 spiro atoms. The highest BCUT2D eigenvalue weighted by molar-refractivity contribution is 4.95. The molecule has 0 aromatic rings. The molecular formula is C26H52. The lowest BCUT2D eigenvalue weighted by Gasteiger charge is -2.25. The lowest BCUT2D eigenvalue weighted by Crippen LogP contribution is -2.12. The zero-order valence-corrected chi connectivity index (χ0v) is 19.6. The first-order valence-electron chi connectivity index (χ1n) is 11.8. The van der Waals surface area contributed by atoms with Crippen molar-refractivity contribution in [2.75, 3.05) is 0 Å². The average Bonchev–Trinajstić information content (AvgIpc) is 2.55. The van der Waals surface area contributed by atoms with E-state index in [2.05, 4.69) is 55.0 Å². The van der Waals surface area contributed by atoms with E-state index in [1.54, 1.807) is 0 Å². The Morgan fingerprint density at radius 2 is 1.35 bits per heavy atom. The molecule has 0 radical (unpaired) electrons. The summed E-state index contributed by atoms with van der Waals surface area (Å²) in [6, 6.07) is 0. The Labute approximate surface area is 167 Å². The maximum absolute atomic E-state index is 4.38. The largest absolute Gasteiger partial charge is 0.0999 e. The minimum Gasteiger partial charge on any atom is -0.0999 e. The first kappa shape index (κ1) is 25.7. The van der Waals surface area contributed by atoms with E-state index >= 15 is 0 Å². The van der Waals surface area contributed by atoms with Crippen molar-refractivity contribution < 1.29 is 0 Å². The van der Waals surface area contributed by atoms with Gasteiger partial charge >= 0.3 is 0 Å². The Hall–Kier alpha value is -0.260. The molecule has 0 nitrogen and oxygen atoms in total. The van der Waals surface area contributed by atoms with Gasteiger partial charge in [-0.2, -0.15) is 0 Å². The second-order valence-electron chi connectivity index (χ2n) is 10.5. The van der Waals surface area contributed by atoms with Gasteiger partial charge in [0.05, 0.1) is 0 Å². The van der Waals surface area contributed by atoms with Crippen molar-refractivity contribution in [1.29, 1.82) is 0 Å².